The Hall–Kier alpha value is -1.10. The molecule has 5 nitrogen and oxygen atoms in total. The van der Waals surface area contributed by atoms with Crippen LogP contribution in [-0.2, 0) is 9.59 Å². The number of aliphatic carboxylic acids is 1. The van der Waals surface area contributed by atoms with Crippen molar-refractivity contribution in [3.63, 3.8) is 0 Å². The summed E-state index contributed by atoms with van der Waals surface area (Å²) >= 11 is 0. The zero-order valence-corrected chi connectivity index (χ0v) is 8.95. The summed E-state index contributed by atoms with van der Waals surface area (Å²) in [5.74, 6) is -1.41. The molecule has 0 spiro atoms. The Morgan fingerprint density at radius 1 is 1.53 bits per heavy atom. The third-order valence-electron chi connectivity index (χ3n) is 2.98. The van der Waals surface area contributed by atoms with E-state index in [0.717, 1.165) is 19.3 Å². The topological polar surface area (TPSA) is 92.4 Å². The second-order valence-electron chi connectivity index (χ2n) is 4.29. The first kappa shape index (κ1) is 12.0. The van der Waals surface area contributed by atoms with Crippen LogP contribution in [0.4, 0.5) is 0 Å². The number of hydrogen-bond donors (Lipinski definition) is 3. The molecule has 1 rings (SSSR count). The van der Waals surface area contributed by atoms with Gasteiger partial charge in [-0.3, -0.25) is 9.59 Å². The number of carbonyl (C=O) groups is 2. The SMILES string of the molecule is CC(CCNC(=O)C1(N)CCC1)C(=O)O. The number of nitrogens with one attached hydrogen (secondary N) is 1. The van der Waals surface area contributed by atoms with Gasteiger partial charge in [-0.2, -0.15) is 0 Å². The Bertz CT molecular complexity index is 261. The van der Waals surface area contributed by atoms with Gasteiger partial charge in [0.1, 0.15) is 0 Å². The van der Waals surface area contributed by atoms with Crippen molar-refractivity contribution < 1.29 is 14.7 Å². The van der Waals surface area contributed by atoms with Gasteiger partial charge in [-0.1, -0.05) is 6.92 Å². The van der Waals surface area contributed by atoms with Gasteiger partial charge in [-0.25, -0.2) is 0 Å². The zero-order valence-electron chi connectivity index (χ0n) is 8.95. The minimum absolute atomic E-state index is 0.147. The van der Waals surface area contributed by atoms with Gasteiger partial charge >= 0.3 is 5.97 Å². The highest BCUT2D eigenvalue weighted by Gasteiger charge is 2.39. The molecule has 1 unspecified atom stereocenters. The molecule has 0 heterocycles. The summed E-state index contributed by atoms with van der Waals surface area (Å²) in [4.78, 5) is 22.0. The van der Waals surface area contributed by atoms with E-state index >= 15 is 0 Å². The number of carbonyl (C=O) groups excluding carboxylic acids is 1. The van der Waals surface area contributed by atoms with Crippen LogP contribution in [0.3, 0.4) is 0 Å². The van der Waals surface area contributed by atoms with Crippen LogP contribution in [0, 0.1) is 5.92 Å². The fourth-order valence-corrected chi connectivity index (χ4v) is 1.49. The molecule has 86 valence electrons. The van der Waals surface area contributed by atoms with E-state index in [1.807, 2.05) is 0 Å². The molecule has 0 saturated heterocycles. The lowest BCUT2D eigenvalue weighted by molar-refractivity contribution is -0.141. The van der Waals surface area contributed by atoms with E-state index in [1.165, 1.54) is 0 Å². The molecular formula is C10H18N2O3. The van der Waals surface area contributed by atoms with Crippen molar-refractivity contribution >= 4 is 11.9 Å². The van der Waals surface area contributed by atoms with Crippen LogP contribution in [-0.4, -0.2) is 29.1 Å². The van der Waals surface area contributed by atoms with Crippen LogP contribution in [0.15, 0.2) is 0 Å². The molecule has 1 amide bonds. The Morgan fingerprint density at radius 2 is 2.13 bits per heavy atom. The first-order chi connectivity index (χ1) is 6.96. The van der Waals surface area contributed by atoms with Gasteiger partial charge in [0.05, 0.1) is 11.5 Å². The molecule has 0 bridgehead atoms. The van der Waals surface area contributed by atoms with Crippen LogP contribution in [0.1, 0.15) is 32.6 Å². The highest BCUT2D eigenvalue weighted by molar-refractivity contribution is 5.87. The van der Waals surface area contributed by atoms with Crippen LogP contribution >= 0.6 is 0 Å². The molecule has 0 aromatic heterocycles. The minimum atomic E-state index is -0.838. The normalized spacial score (nSPS) is 20.1. The number of amides is 1. The van der Waals surface area contributed by atoms with Crippen molar-refractivity contribution in [1.29, 1.82) is 0 Å². The van der Waals surface area contributed by atoms with Crippen LogP contribution in [0.2, 0.25) is 0 Å². The molecule has 0 radical (unpaired) electrons. The molecule has 0 aliphatic heterocycles. The van der Waals surface area contributed by atoms with E-state index in [2.05, 4.69) is 5.32 Å². The Morgan fingerprint density at radius 3 is 2.53 bits per heavy atom. The van der Waals surface area contributed by atoms with Crippen LogP contribution in [0.5, 0.6) is 0 Å². The van der Waals surface area contributed by atoms with E-state index in [1.54, 1.807) is 6.92 Å². The van der Waals surface area contributed by atoms with Crippen molar-refractivity contribution in [1.82, 2.24) is 5.32 Å². The first-order valence-electron chi connectivity index (χ1n) is 5.26. The number of nitrogens with two attached hydrogens (primary N) is 1. The molecule has 1 aliphatic carbocycles. The molecule has 15 heavy (non-hydrogen) atoms. The second kappa shape index (κ2) is 4.61. The van der Waals surface area contributed by atoms with Crippen molar-refractivity contribution in [2.24, 2.45) is 11.7 Å². The van der Waals surface area contributed by atoms with Crippen molar-refractivity contribution in [3.8, 4) is 0 Å². The predicted molar refractivity (Wildman–Crippen MR) is 55.2 cm³/mol. The summed E-state index contributed by atoms with van der Waals surface area (Å²) in [6.07, 6.45) is 2.90. The molecule has 0 aromatic rings. The third-order valence-corrected chi connectivity index (χ3v) is 2.98. The van der Waals surface area contributed by atoms with Crippen LogP contribution < -0.4 is 11.1 Å². The lowest BCUT2D eigenvalue weighted by Crippen LogP contribution is -2.58. The van der Waals surface area contributed by atoms with E-state index in [-0.39, 0.29) is 5.91 Å². The van der Waals surface area contributed by atoms with Gasteiger partial charge in [0.15, 0.2) is 0 Å². The maximum Gasteiger partial charge on any atom is 0.306 e. The molecule has 1 fully saturated rings. The lowest BCUT2D eigenvalue weighted by Gasteiger charge is -2.36. The highest BCUT2D eigenvalue weighted by Crippen LogP contribution is 2.28. The van der Waals surface area contributed by atoms with Crippen molar-refractivity contribution in [3.05, 3.63) is 0 Å². The number of rotatable bonds is 5. The summed E-state index contributed by atoms with van der Waals surface area (Å²) in [5, 5.41) is 11.3. The molecular weight excluding hydrogens is 196 g/mol. The monoisotopic (exact) mass is 214 g/mol. The third kappa shape index (κ3) is 2.92. The largest absolute Gasteiger partial charge is 0.481 e. The van der Waals surface area contributed by atoms with E-state index in [9.17, 15) is 9.59 Å². The van der Waals surface area contributed by atoms with Crippen LogP contribution in [0.25, 0.3) is 0 Å². The molecule has 5 heteroatoms. The summed E-state index contributed by atoms with van der Waals surface area (Å²) in [6.45, 7) is 2.00. The smallest absolute Gasteiger partial charge is 0.306 e. The van der Waals surface area contributed by atoms with Crippen molar-refractivity contribution in [2.75, 3.05) is 6.54 Å². The Kier molecular flexibility index (Phi) is 3.68. The zero-order chi connectivity index (χ0) is 11.5. The maximum absolute atomic E-state index is 11.5. The highest BCUT2D eigenvalue weighted by atomic mass is 16.4. The summed E-state index contributed by atoms with van der Waals surface area (Å²) in [5.41, 5.74) is 5.11. The van der Waals surface area contributed by atoms with Gasteiger partial charge in [0, 0.05) is 6.54 Å². The molecule has 0 aromatic carbocycles. The number of carboxylic acids is 1. The Balaban J connectivity index is 2.20. The maximum atomic E-state index is 11.5. The number of hydrogen-bond acceptors (Lipinski definition) is 3. The standard InChI is InChI=1S/C10H18N2O3/c1-7(8(13)14)3-6-12-9(15)10(11)4-2-5-10/h7H,2-6,11H2,1H3,(H,12,15)(H,13,14). The second-order valence-corrected chi connectivity index (χ2v) is 4.29. The molecule has 1 saturated carbocycles. The van der Waals surface area contributed by atoms with Gasteiger partial charge < -0.3 is 16.2 Å². The predicted octanol–water partition coefficient (Wildman–Crippen LogP) is 0.0948. The molecule has 4 N–H and O–H groups in total. The van der Waals surface area contributed by atoms with Gasteiger partial charge in [0.2, 0.25) is 5.91 Å². The van der Waals surface area contributed by atoms with Gasteiger partial charge in [-0.15, -0.1) is 0 Å². The minimum Gasteiger partial charge on any atom is -0.481 e. The number of carboxylic acid groups (broad SMARTS) is 1. The average molecular weight is 214 g/mol. The fourth-order valence-electron chi connectivity index (χ4n) is 1.49. The molecule has 1 atom stereocenters. The molecule has 1 aliphatic rings. The van der Waals surface area contributed by atoms with Gasteiger partial charge in [-0.05, 0) is 25.7 Å². The summed E-state index contributed by atoms with van der Waals surface area (Å²) in [7, 11) is 0. The Labute approximate surface area is 89.0 Å². The summed E-state index contributed by atoms with van der Waals surface area (Å²) < 4.78 is 0. The van der Waals surface area contributed by atoms with E-state index in [4.69, 9.17) is 10.8 Å². The lowest BCUT2D eigenvalue weighted by atomic mass is 9.77. The van der Waals surface area contributed by atoms with E-state index in [0.29, 0.717) is 13.0 Å². The van der Waals surface area contributed by atoms with Crippen molar-refractivity contribution in [2.45, 2.75) is 38.1 Å². The average Bonchev–Trinajstić information content (AvgIpc) is 2.13. The van der Waals surface area contributed by atoms with Gasteiger partial charge in [0.25, 0.3) is 0 Å². The fraction of sp³-hybridized carbons (Fsp3) is 0.800. The van der Waals surface area contributed by atoms with E-state index < -0.39 is 17.4 Å². The quantitative estimate of drug-likeness (QED) is 0.605. The first-order valence-corrected chi connectivity index (χ1v) is 5.26. The summed E-state index contributed by atoms with van der Waals surface area (Å²) in [6, 6.07) is 0.